The van der Waals surface area contributed by atoms with E-state index in [1.807, 2.05) is 0 Å². The Morgan fingerprint density at radius 1 is 1.59 bits per heavy atom. The number of halogens is 1. The first-order chi connectivity index (χ1) is 8.11. The van der Waals surface area contributed by atoms with Crippen molar-refractivity contribution in [2.75, 3.05) is 30.4 Å². The van der Waals surface area contributed by atoms with Crippen LogP contribution in [0.1, 0.15) is 13.3 Å². The zero-order valence-electron chi connectivity index (χ0n) is 10.0. The van der Waals surface area contributed by atoms with Crippen LogP contribution in [0.25, 0.3) is 0 Å². The molecule has 17 heavy (non-hydrogen) atoms. The molecule has 0 radical (unpaired) electrons. The van der Waals surface area contributed by atoms with Crippen molar-refractivity contribution in [2.45, 2.75) is 19.4 Å². The summed E-state index contributed by atoms with van der Waals surface area (Å²) in [6.45, 7) is 3.70. The Hall–Kier alpha value is -0.880. The summed E-state index contributed by atoms with van der Waals surface area (Å²) in [7, 11) is 1.80. The molecule has 94 valence electrons. The second-order valence-corrected chi connectivity index (χ2v) is 5.25. The Kier molecular flexibility index (Phi) is 3.83. The Morgan fingerprint density at radius 3 is 3.00 bits per heavy atom. The van der Waals surface area contributed by atoms with Gasteiger partial charge in [0.1, 0.15) is 5.82 Å². The number of aromatic nitrogens is 2. The van der Waals surface area contributed by atoms with Gasteiger partial charge in [0, 0.05) is 26.3 Å². The van der Waals surface area contributed by atoms with Crippen LogP contribution in [0.4, 0.5) is 11.8 Å². The molecule has 1 saturated heterocycles. The number of rotatable bonds is 2. The second-order valence-electron chi connectivity index (χ2n) is 4.39. The molecular formula is C11H17BrN4O. The van der Waals surface area contributed by atoms with Gasteiger partial charge in [0.15, 0.2) is 0 Å². The summed E-state index contributed by atoms with van der Waals surface area (Å²) < 4.78 is 0.889. The molecule has 5 nitrogen and oxygen atoms in total. The van der Waals surface area contributed by atoms with Gasteiger partial charge in [-0.25, -0.2) is 4.98 Å². The maximum Gasteiger partial charge on any atom is 0.224 e. The zero-order valence-corrected chi connectivity index (χ0v) is 11.6. The van der Waals surface area contributed by atoms with Crippen molar-refractivity contribution in [1.82, 2.24) is 9.97 Å². The summed E-state index contributed by atoms with van der Waals surface area (Å²) >= 11 is 3.47. The van der Waals surface area contributed by atoms with Crippen LogP contribution in [0.15, 0.2) is 10.7 Å². The van der Waals surface area contributed by atoms with Gasteiger partial charge in [-0.2, -0.15) is 4.98 Å². The topological polar surface area (TPSA) is 61.3 Å². The van der Waals surface area contributed by atoms with Crippen molar-refractivity contribution >= 4 is 27.7 Å². The Labute approximate surface area is 109 Å². The minimum Gasteiger partial charge on any atom is -0.393 e. The molecule has 1 aromatic heterocycles. The summed E-state index contributed by atoms with van der Waals surface area (Å²) in [4.78, 5) is 10.8. The minimum atomic E-state index is -0.198. The van der Waals surface area contributed by atoms with Crippen molar-refractivity contribution < 1.29 is 5.11 Å². The van der Waals surface area contributed by atoms with Crippen LogP contribution in [-0.4, -0.2) is 41.3 Å². The highest BCUT2D eigenvalue weighted by molar-refractivity contribution is 9.10. The molecule has 0 aliphatic carbocycles. The normalized spacial score (nSPS) is 24.8. The van der Waals surface area contributed by atoms with Gasteiger partial charge in [-0.3, -0.25) is 0 Å². The lowest BCUT2D eigenvalue weighted by atomic mass is 9.97. The zero-order chi connectivity index (χ0) is 12.4. The molecule has 2 atom stereocenters. The number of anilines is 2. The van der Waals surface area contributed by atoms with Crippen LogP contribution >= 0.6 is 15.9 Å². The third kappa shape index (κ3) is 2.69. The molecule has 2 rings (SSSR count). The molecule has 2 heterocycles. The van der Waals surface area contributed by atoms with Gasteiger partial charge < -0.3 is 15.3 Å². The van der Waals surface area contributed by atoms with E-state index < -0.39 is 0 Å². The Morgan fingerprint density at radius 2 is 2.35 bits per heavy atom. The molecular weight excluding hydrogens is 284 g/mol. The quantitative estimate of drug-likeness (QED) is 0.866. The van der Waals surface area contributed by atoms with E-state index in [4.69, 9.17) is 0 Å². The molecule has 2 unspecified atom stereocenters. The highest BCUT2D eigenvalue weighted by Gasteiger charge is 2.26. The second kappa shape index (κ2) is 5.18. The maximum absolute atomic E-state index is 9.73. The first-order valence-corrected chi connectivity index (χ1v) is 6.54. The average Bonchev–Trinajstić information content (AvgIpc) is 2.33. The standard InChI is InChI=1S/C11H17BrN4O/c1-7-6-16(4-3-9(7)17)10-8(12)5-14-11(13-2)15-10/h5,7,9,17H,3-4,6H2,1-2H3,(H,13,14,15). The lowest BCUT2D eigenvalue weighted by Crippen LogP contribution is -2.42. The summed E-state index contributed by atoms with van der Waals surface area (Å²) in [5.41, 5.74) is 0. The third-order valence-electron chi connectivity index (χ3n) is 3.11. The van der Waals surface area contributed by atoms with E-state index >= 15 is 0 Å². The lowest BCUT2D eigenvalue weighted by molar-refractivity contribution is 0.0968. The monoisotopic (exact) mass is 300 g/mol. The van der Waals surface area contributed by atoms with Crippen molar-refractivity contribution in [3.8, 4) is 0 Å². The van der Waals surface area contributed by atoms with Crippen LogP contribution in [0, 0.1) is 5.92 Å². The van der Waals surface area contributed by atoms with Gasteiger partial charge in [0.25, 0.3) is 0 Å². The maximum atomic E-state index is 9.73. The van der Waals surface area contributed by atoms with Crippen LogP contribution in [0.2, 0.25) is 0 Å². The van der Waals surface area contributed by atoms with Crippen LogP contribution in [0.3, 0.4) is 0 Å². The third-order valence-corrected chi connectivity index (χ3v) is 3.67. The number of hydrogen-bond acceptors (Lipinski definition) is 5. The number of hydrogen-bond donors (Lipinski definition) is 2. The fraction of sp³-hybridized carbons (Fsp3) is 0.636. The number of aliphatic hydroxyl groups is 1. The van der Waals surface area contributed by atoms with Gasteiger partial charge in [-0.05, 0) is 28.3 Å². The van der Waals surface area contributed by atoms with E-state index in [9.17, 15) is 5.11 Å². The summed E-state index contributed by atoms with van der Waals surface area (Å²) in [6.07, 6.45) is 2.34. The van der Waals surface area contributed by atoms with Crippen LogP contribution in [0.5, 0.6) is 0 Å². The predicted molar refractivity (Wildman–Crippen MR) is 71.3 cm³/mol. The van der Waals surface area contributed by atoms with E-state index in [-0.39, 0.29) is 12.0 Å². The first-order valence-electron chi connectivity index (χ1n) is 5.75. The van der Waals surface area contributed by atoms with Crippen molar-refractivity contribution in [3.63, 3.8) is 0 Å². The average molecular weight is 301 g/mol. The molecule has 0 spiro atoms. The highest BCUT2D eigenvalue weighted by Crippen LogP contribution is 2.28. The van der Waals surface area contributed by atoms with Crippen LogP contribution < -0.4 is 10.2 Å². The molecule has 6 heteroatoms. The van der Waals surface area contributed by atoms with E-state index in [0.717, 1.165) is 29.8 Å². The molecule has 0 aromatic carbocycles. The highest BCUT2D eigenvalue weighted by atomic mass is 79.9. The van der Waals surface area contributed by atoms with Crippen molar-refractivity contribution in [3.05, 3.63) is 10.7 Å². The molecule has 1 aliphatic heterocycles. The van der Waals surface area contributed by atoms with Gasteiger partial charge in [0.2, 0.25) is 5.95 Å². The summed E-state index contributed by atoms with van der Waals surface area (Å²) in [5.74, 6) is 1.77. The van der Waals surface area contributed by atoms with E-state index in [2.05, 4.69) is 43.0 Å². The summed E-state index contributed by atoms with van der Waals surface area (Å²) in [5, 5.41) is 12.7. The smallest absolute Gasteiger partial charge is 0.224 e. The Bertz CT molecular complexity index is 401. The van der Waals surface area contributed by atoms with E-state index in [1.165, 1.54) is 0 Å². The SMILES string of the molecule is CNc1ncc(Br)c(N2CCC(O)C(C)C2)n1. The molecule has 1 fully saturated rings. The van der Waals surface area contributed by atoms with Gasteiger partial charge in [-0.15, -0.1) is 0 Å². The first kappa shape index (κ1) is 12.6. The van der Waals surface area contributed by atoms with E-state index in [1.54, 1.807) is 13.2 Å². The minimum absolute atomic E-state index is 0.198. The molecule has 1 aliphatic rings. The molecule has 1 aromatic rings. The number of piperidine rings is 1. The van der Waals surface area contributed by atoms with Gasteiger partial charge in [-0.1, -0.05) is 6.92 Å². The van der Waals surface area contributed by atoms with Crippen LogP contribution in [-0.2, 0) is 0 Å². The summed E-state index contributed by atoms with van der Waals surface area (Å²) in [6, 6.07) is 0. The fourth-order valence-electron chi connectivity index (χ4n) is 2.03. The van der Waals surface area contributed by atoms with Gasteiger partial charge in [0.05, 0.1) is 10.6 Å². The molecule has 0 amide bonds. The van der Waals surface area contributed by atoms with E-state index in [0.29, 0.717) is 5.95 Å². The van der Waals surface area contributed by atoms with Crippen molar-refractivity contribution in [2.24, 2.45) is 5.92 Å². The largest absolute Gasteiger partial charge is 0.393 e. The number of nitrogens with zero attached hydrogens (tertiary/aromatic N) is 3. The number of nitrogens with one attached hydrogen (secondary N) is 1. The Balaban J connectivity index is 2.21. The predicted octanol–water partition coefficient (Wildman–Crippen LogP) is 1.49. The molecule has 0 bridgehead atoms. The van der Waals surface area contributed by atoms with Gasteiger partial charge >= 0.3 is 0 Å². The fourth-order valence-corrected chi connectivity index (χ4v) is 2.47. The van der Waals surface area contributed by atoms with Crippen molar-refractivity contribution in [1.29, 1.82) is 0 Å². The lowest BCUT2D eigenvalue weighted by Gasteiger charge is -2.35. The molecule has 2 N–H and O–H groups in total. The molecule has 0 saturated carbocycles. The number of aliphatic hydroxyl groups excluding tert-OH is 1.